The SMILES string of the molecule is COC(=O)Cc1ccc(C(NC(=O)OC(C)(C)C)C(=O)O)cc1. The van der Waals surface area contributed by atoms with Crippen molar-refractivity contribution in [1.29, 1.82) is 0 Å². The van der Waals surface area contributed by atoms with E-state index in [1.54, 1.807) is 32.9 Å². The van der Waals surface area contributed by atoms with Gasteiger partial charge in [-0.3, -0.25) is 4.79 Å². The summed E-state index contributed by atoms with van der Waals surface area (Å²) < 4.78 is 9.62. The fraction of sp³-hybridized carbons (Fsp3) is 0.438. The molecule has 1 aromatic carbocycles. The Morgan fingerprint density at radius 1 is 1.17 bits per heavy atom. The summed E-state index contributed by atoms with van der Waals surface area (Å²) in [6, 6.07) is 5.05. The van der Waals surface area contributed by atoms with Gasteiger partial charge in [0.1, 0.15) is 5.60 Å². The summed E-state index contributed by atoms with van der Waals surface area (Å²) in [6.07, 6.45) is -0.725. The topological polar surface area (TPSA) is 102 Å². The minimum Gasteiger partial charge on any atom is -0.479 e. The molecule has 7 heteroatoms. The van der Waals surface area contributed by atoms with Crippen molar-refractivity contribution >= 4 is 18.0 Å². The van der Waals surface area contributed by atoms with Gasteiger partial charge >= 0.3 is 18.0 Å². The average molecular weight is 323 g/mol. The summed E-state index contributed by atoms with van der Waals surface area (Å²) in [5.41, 5.74) is 0.330. The van der Waals surface area contributed by atoms with Crippen LogP contribution in [0.5, 0.6) is 0 Å². The zero-order valence-corrected chi connectivity index (χ0v) is 13.6. The lowest BCUT2D eigenvalue weighted by Crippen LogP contribution is -2.38. The van der Waals surface area contributed by atoms with E-state index in [0.717, 1.165) is 0 Å². The van der Waals surface area contributed by atoms with Gasteiger partial charge < -0.3 is 19.9 Å². The van der Waals surface area contributed by atoms with Crippen molar-refractivity contribution < 1.29 is 29.0 Å². The molecule has 0 aliphatic carbocycles. The van der Waals surface area contributed by atoms with Crippen molar-refractivity contribution in [3.63, 3.8) is 0 Å². The number of carboxylic acids is 1. The molecule has 0 aliphatic rings. The molecule has 2 N–H and O–H groups in total. The molecule has 1 atom stereocenters. The lowest BCUT2D eigenvalue weighted by molar-refractivity contribution is -0.140. The number of carbonyl (C=O) groups is 3. The van der Waals surface area contributed by atoms with Crippen LogP contribution in [-0.2, 0) is 25.5 Å². The molecule has 0 fully saturated rings. The first kappa shape index (κ1) is 18.5. The van der Waals surface area contributed by atoms with Gasteiger partial charge in [0, 0.05) is 0 Å². The first-order valence-corrected chi connectivity index (χ1v) is 7.00. The Balaban J connectivity index is 2.84. The van der Waals surface area contributed by atoms with Crippen LogP contribution in [0.1, 0.15) is 37.9 Å². The minimum absolute atomic E-state index is 0.0913. The van der Waals surface area contributed by atoms with Crippen LogP contribution in [0.3, 0.4) is 0 Å². The van der Waals surface area contributed by atoms with E-state index in [4.69, 9.17) is 4.74 Å². The zero-order chi connectivity index (χ0) is 17.6. The Hall–Kier alpha value is -2.57. The lowest BCUT2D eigenvalue weighted by Gasteiger charge is -2.22. The van der Waals surface area contributed by atoms with Crippen LogP contribution >= 0.6 is 0 Å². The quantitative estimate of drug-likeness (QED) is 0.804. The lowest BCUT2D eigenvalue weighted by atomic mass is 10.0. The number of carboxylic acid groups (broad SMARTS) is 1. The monoisotopic (exact) mass is 323 g/mol. The molecule has 0 radical (unpaired) electrons. The molecule has 7 nitrogen and oxygen atoms in total. The molecule has 126 valence electrons. The van der Waals surface area contributed by atoms with Crippen molar-refractivity contribution in [2.45, 2.75) is 38.8 Å². The van der Waals surface area contributed by atoms with E-state index in [0.29, 0.717) is 11.1 Å². The molecule has 1 rings (SSSR count). The van der Waals surface area contributed by atoms with Crippen LogP contribution < -0.4 is 5.32 Å². The predicted molar refractivity (Wildman–Crippen MR) is 81.9 cm³/mol. The molecule has 0 bridgehead atoms. The van der Waals surface area contributed by atoms with Gasteiger partial charge in [0.05, 0.1) is 13.5 Å². The molecular formula is C16H21NO6. The summed E-state index contributed by atoms with van der Waals surface area (Å²) in [5.74, 6) is -1.60. The number of esters is 1. The number of hydrogen-bond acceptors (Lipinski definition) is 5. The van der Waals surface area contributed by atoms with Crippen molar-refractivity contribution in [2.24, 2.45) is 0 Å². The maximum atomic E-state index is 11.7. The second-order valence-electron chi connectivity index (χ2n) is 5.91. The van der Waals surface area contributed by atoms with E-state index in [1.807, 2.05) is 0 Å². The van der Waals surface area contributed by atoms with Crippen molar-refractivity contribution in [1.82, 2.24) is 5.32 Å². The molecule has 0 aliphatic heterocycles. The number of carbonyl (C=O) groups excluding carboxylic acids is 2. The van der Waals surface area contributed by atoms with Crippen molar-refractivity contribution in [3.05, 3.63) is 35.4 Å². The number of benzene rings is 1. The highest BCUT2D eigenvalue weighted by molar-refractivity contribution is 5.81. The third-order valence-corrected chi connectivity index (χ3v) is 2.80. The smallest absolute Gasteiger partial charge is 0.408 e. The third kappa shape index (κ3) is 6.37. The van der Waals surface area contributed by atoms with Crippen LogP contribution in [0, 0.1) is 0 Å². The Bertz CT molecular complexity index is 573. The third-order valence-electron chi connectivity index (χ3n) is 2.80. The van der Waals surface area contributed by atoms with Gasteiger partial charge in [-0.25, -0.2) is 9.59 Å². The van der Waals surface area contributed by atoms with E-state index >= 15 is 0 Å². The number of aliphatic carboxylic acids is 1. The summed E-state index contributed by atoms with van der Waals surface area (Å²) in [7, 11) is 1.29. The molecule has 23 heavy (non-hydrogen) atoms. The molecule has 0 spiro atoms. The first-order chi connectivity index (χ1) is 10.6. The normalized spacial score (nSPS) is 12.2. The number of nitrogens with one attached hydrogen (secondary N) is 1. The Morgan fingerprint density at radius 3 is 2.17 bits per heavy atom. The summed E-state index contributed by atoms with van der Waals surface area (Å²) >= 11 is 0. The molecule has 0 saturated heterocycles. The van der Waals surface area contributed by atoms with Gasteiger partial charge in [-0.2, -0.15) is 0 Å². The number of methoxy groups -OCH3 is 1. The molecule has 0 saturated carbocycles. The maximum absolute atomic E-state index is 11.7. The van der Waals surface area contributed by atoms with E-state index in [1.165, 1.54) is 19.2 Å². The molecule has 1 aromatic rings. The number of amides is 1. The highest BCUT2D eigenvalue weighted by Gasteiger charge is 2.25. The Kier molecular flexibility index (Phi) is 6.12. The molecule has 1 unspecified atom stereocenters. The highest BCUT2D eigenvalue weighted by atomic mass is 16.6. The number of rotatable bonds is 5. The maximum Gasteiger partial charge on any atom is 0.408 e. The summed E-state index contributed by atoms with van der Waals surface area (Å²) in [4.78, 5) is 34.3. The Morgan fingerprint density at radius 2 is 1.74 bits per heavy atom. The van der Waals surface area contributed by atoms with Gasteiger partial charge in [-0.05, 0) is 31.9 Å². The van der Waals surface area contributed by atoms with Crippen molar-refractivity contribution in [3.8, 4) is 0 Å². The van der Waals surface area contributed by atoms with Crippen LogP contribution in [0.25, 0.3) is 0 Å². The van der Waals surface area contributed by atoms with Gasteiger partial charge in [-0.1, -0.05) is 24.3 Å². The van der Waals surface area contributed by atoms with Gasteiger partial charge in [0.15, 0.2) is 6.04 Å². The van der Waals surface area contributed by atoms with Crippen LogP contribution in [0.4, 0.5) is 4.79 Å². The standard InChI is InChI=1S/C16H21NO6/c1-16(2,3)23-15(21)17-13(14(19)20)11-7-5-10(6-8-11)9-12(18)22-4/h5-8,13H,9H2,1-4H3,(H,17,21)(H,19,20). The Labute approximate surface area is 134 Å². The fourth-order valence-electron chi connectivity index (χ4n) is 1.78. The molecular weight excluding hydrogens is 302 g/mol. The van der Waals surface area contributed by atoms with Crippen LogP contribution in [-0.4, -0.2) is 35.8 Å². The van der Waals surface area contributed by atoms with Gasteiger partial charge in [0.2, 0.25) is 0 Å². The van der Waals surface area contributed by atoms with E-state index in [2.05, 4.69) is 10.1 Å². The summed E-state index contributed by atoms with van der Waals surface area (Å²) in [6.45, 7) is 5.05. The molecule has 0 aromatic heterocycles. The van der Waals surface area contributed by atoms with Crippen LogP contribution in [0.15, 0.2) is 24.3 Å². The van der Waals surface area contributed by atoms with E-state index in [9.17, 15) is 19.5 Å². The summed E-state index contributed by atoms with van der Waals surface area (Å²) in [5, 5.41) is 11.6. The molecule has 0 heterocycles. The first-order valence-electron chi connectivity index (χ1n) is 7.00. The van der Waals surface area contributed by atoms with Crippen LogP contribution in [0.2, 0.25) is 0 Å². The average Bonchev–Trinajstić information content (AvgIpc) is 2.43. The second-order valence-corrected chi connectivity index (χ2v) is 5.91. The predicted octanol–water partition coefficient (Wildman–Crippen LogP) is 2.05. The number of hydrogen-bond donors (Lipinski definition) is 2. The minimum atomic E-state index is -1.24. The largest absolute Gasteiger partial charge is 0.479 e. The van der Waals surface area contributed by atoms with Crippen molar-refractivity contribution in [2.75, 3.05) is 7.11 Å². The van der Waals surface area contributed by atoms with E-state index < -0.39 is 23.7 Å². The van der Waals surface area contributed by atoms with Gasteiger partial charge in [-0.15, -0.1) is 0 Å². The molecule has 1 amide bonds. The number of ether oxygens (including phenoxy) is 2. The fourth-order valence-corrected chi connectivity index (χ4v) is 1.78. The van der Waals surface area contributed by atoms with Gasteiger partial charge in [0.25, 0.3) is 0 Å². The highest BCUT2D eigenvalue weighted by Crippen LogP contribution is 2.16. The second kappa shape index (κ2) is 7.62. The zero-order valence-electron chi connectivity index (χ0n) is 13.6. The van der Waals surface area contributed by atoms with E-state index in [-0.39, 0.29) is 12.4 Å². The number of alkyl carbamates (subject to hydrolysis) is 1.